The topological polar surface area (TPSA) is 68.3 Å². The first kappa shape index (κ1) is 21.6. The van der Waals surface area contributed by atoms with Gasteiger partial charge in [-0.25, -0.2) is 0 Å². The third kappa shape index (κ3) is 4.28. The maximum atomic E-state index is 6.14. The molecule has 1 aromatic heterocycles. The quantitative estimate of drug-likeness (QED) is 0.645. The summed E-state index contributed by atoms with van der Waals surface area (Å²) in [6.45, 7) is 4.91. The fourth-order valence-corrected chi connectivity index (χ4v) is 5.31. The van der Waals surface area contributed by atoms with E-state index in [1.54, 1.807) is 13.3 Å². The fraction of sp³-hybridized carbons (Fsp3) is 0.500. The number of ether oxygens (including phenoxy) is 4. The van der Waals surface area contributed by atoms with E-state index in [-0.39, 0.29) is 6.23 Å². The van der Waals surface area contributed by atoms with Gasteiger partial charge in [0.05, 0.1) is 25.7 Å². The van der Waals surface area contributed by atoms with Crippen LogP contribution in [0, 0.1) is 0 Å². The van der Waals surface area contributed by atoms with Crippen molar-refractivity contribution in [3.63, 3.8) is 0 Å². The van der Waals surface area contributed by atoms with Crippen LogP contribution >= 0.6 is 0 Å². The van der Waals surface area contributed by atoms with Crippen LogP contribution in [0.5, 0.6) is 11.5 Å². The van der Waals surface area contributed by atoms with Crippen LogP contribution in [0.15, 0.2) is 59.4 Å². The Morgan fingerprint density at radius 1 is 1.09 bits per heavy atom. The summed E-state index contributed by atoms with van der Waals surface area (Å²) in [4.78, 5) is 9.50. The maximum Gasteiger partial charge on any atom is 0.281 e. The van der Waals surface area contributed by atoms with Crippen LogP contribution in [-0.2, 0) is 16.0 Å². The van der Waals surface area contributed by atoms with Gasteiger partial charge in [0.2, 0.25) is 6.23 Å². The van der Waals surface area contributed by atoms with Gasteiger partial charge in [0.25, 0.3) is 5.95 Å². The highest BCUT2D eigenvalue weighted by Gasteiger charge is 2.37. The summed E-state index contributed by atoms with van der Waals surface area (Å²) in [7, 11) is 1.67. The Hall–Kier alpha value is -2.97. The molecular weight excluding hydrogens is 432 g/mol. The molecule has 1 saturated heterocycles. The minimum absolute atomic E-state index is 0.0858. The van der Waals surface area contributed by atoms with Crippen molar-refractivity contribution in [1.29, 1.82) is 0 Å². The molecule has 180 valence electrons. The van der Waals surface area contributed by atoms with E-state index in [0.717, 1.165) is 69.2 Å². The van der Waals surface area contributed by atoms with E-state index in [9.17, 15) is 0 Å². The van der Waals surface area contributed by atoms with Crippen LogP contribution < -0.4 is 14.8 Å². The third-order valence-corrected chi connectivity index (χ3v) is 7.15. The minimum Gasteiger partial charge on any atom is -0.486 e. The van der Waals surface area contributed by atoms with E-state index in [2.05, 4.69) is 38.3 Å². The number of rotatable bonds is 6. The summed E-state index contributed by atoms with van der Waals surface area (Å²) in [6.07, 6.45) is 14.7. The van der Waals surface area contributed by atoms with Gasteiger partial charge >= 0.3 is 0 Å². The molecule has 1 aromatic rings. The first-order valence-electron chi connectivity index (χ1n) is 12.2. The summed E-state index contributed by atoms with van der Waals surface area (Å²) in [5, 5.41) is 3.69. The zero-order chi connectivity index (χ0) is 22.9. The number of methoxy groups -OCH3 is 1. The molecule has 1 fully saturated rings. The van der Waals surface area contributed by atoms with Gasteiger partial charge in [0.1, 0.15) is 13.2 Å². The second kappa shape index (κ2) is 9.35. The molecule has 8 heteroatoms. The second-order valence-electron chi connectivity index (χ2n) is 9.34. The number of allylic oxidation sites excluding steroid dienone is 4. The Morgan fingerprint density at radius 3 is 2.76 bits per heavy atom. The predicted octanol–water partition coefficient (Wildman–Crippen LogP) is 3.05. The largest absolute Gasteiger partial charge is 0.486 e. The number of likely N-dealkylation sites (tertiary alicyclic amines) is 1. The van der Waals surface area contributed by atoms with Crippen molar-refractivity contribution in [1.82, 2.24) is 20.1 Å². The summed E-state index contributed by atoms with van der Waals surface area (Å²) in [5.41, 5.74) is 4.96. The van der Waals surface area contributed by atoms with E-state index in [0.29, 0.717) is 25.2 Å². The van der Waals surface area contributed by atoms with Crippen molar-refractivity contribution in [2.45, 2.75) is 44.5 Å². The minimum atomic E-state index is -0.0858. The van der Waals surface area contributed by atoms with Crippen LogP contribution in [0.2, 0.25) is 0 Å². The molecule has 1 N–H and O–H groups in total. The van der Waals surface area contributed by atoms with E-state index in [1.165, 1.54) is 16.8 Å². The first-order valence-corrected chi connectivity index (χ1v) is 12.2. The molecule has 1 aliphatic carbocycles. The number of hydrogen-bond donors (Lipinski definition) is 1. The second-order valence-corrected chi connectivity index (χ2v) is 9.34. The lowest BCUT2D eigenvalue weighted by molar-refractivity contribution is -0.0458. The Bertz CT molecular complexity index is 1050. The molecule has 0 aromatic carbocycles. The molecule has 1 unspecified atom stereocenters. The molecule has 0 radical (unpaired) electrons. The molecule has 4 aliphatic heterocycles. The highest BCUT2D eigenvalue weighted by molar-refractivity contribution is 5.45. The van der Waals surface area contributed by atoms with Crippen LogP contribution in [0.4, 0.5) is 0 Å². The monoisotopic (exact) mass is 464 g/mol. The Balaban J connectivity index is 1.04. The Labute approximate surface area is 200 Å². The SMILES string of the molecule is COC1=CC2=CC3=C(CC=CC3)N(CN3CCC(NCc4cc5c(cn4)OCCO5)CC3)C2O1. The van der Waals surface area contributed by atoms with Crippen LogP contribution in [0.1, 0.15) is 31.4 Å². The maximum absolute atomic E-state index is 6.14. The number of piperidine rings is 1. The van der Waals surface area contributed by atoms with Crippen LogP contribution in [0.3, 0.4) is 0 Å². The molecule has 1 atom stereocenters. The lowest BCUT2D eigenvalue weighted by Gasteiger charge is -2.42. The molecule has 0 bridgehead atoms. The molecule has 34 heavy (non-hydrogen) atoms. The van der Waals surface area contributed by atoms with Crippen molar-refractivity contribution in [3.8, 4) is 11.5 Å². The molecule has 0 amide bonds. The van der Waals surface area contributed by atoms with Crippen molar-refractivity contribution in [2.75, 3.05) is 40.1 Å². The van der Waals surface area contributed by atoms with Gasteiger partial charge < -0.3 is 29.2 Å². The molecular formula is C26H32N4O4. The van der Waals surface area contributed by atoms with Gasteiger partial charge in [-0.05, 0) is 30.9 Å². The summed E-state index contributed by atoms with van der Waals surface area (Å²) in [5.74, 6) is 2.14. The van der Waals surface area contributed by atoms with Crippen molar-refractivity contribution in [3.05, 3.63) is 65.0 Å². The average Bonchev–Trinajstić information content (AvgIpc) is 3.31. The third-order valence-electron chi connectivity index (χ3n) is 7.15. The zero-order valence-electron chi connectivity index (χ0n) is 19.7. The standard InChI is InChI=1S/C26H32N4O4/c1-31-25-13-19-12-18-4-2-3-5-22(18)30(26(19)34-25)17-29-8-6-20(7-9-29)27-15-21-14-23-24(16-28-21)33-11-10-32-23/h2-3,12-14,16,20,26-27H,4-11,15,17H2,1H3. The van der Waals surface area contributed by atoms with E-state index in [1.807, 2.05) is 12.1 Å². The normalized spacial score (nSPS) is 24.3. The van der Waals surface area contributed by atoms with Gasteiger partial charge in [-0.1, -0.05) is 12.2 Å². The van der Waals surface area contributed by atoms with Gasteiger partial charge in [0.15, 0.2) is 11.5 Å². The highest BCUT2D eigenvalue weighted by Crippen LogP contribution is 2.38. The van der Waals surface area contributed by atoms with Crippen molar-refractivity contribution < 1.29 is 18.9 Å². The van der Waals surface area contributed by atoms with Gasteiger partial charge in [-0.3, -0.25) is 9.88 Å². The Morgan fingerprint density at radius 2 is 1.91 bits per heavy atom. The number of nitrogens with one attached hydrogen (secondary N) is 1. The lowest BCUT2D eigenvalue weighted by Crippen LogP contribution is -2.50. The number of aromatic nitrogens is 1. The zero-order valence-corrected chi connectivity index (χ0v) is 19.7. The van der Waals surface area contributed by atoms with Gasteiger partial charge in [0, 0.05) is 55.5 Å². The smallest absolute Gasteiger partial charge is 0.281 e. The lowest BCUT2D eigenvalue weighted by atomic mass is 9.94. The number of fused-ring (bicyclic) bond motifs is 2. The molecule has 0 spiro atoms. The highest BCUT2D eigenvalue weighted by atomic mass is 16.7. The summed E-state index contributed by atoms with van der Waals surface area (Å²) >= 11 is 0. The number of pyridine rings is 1. The molecule has 5 heterocycles. The van der Waals surface area contributed by atoms with Crippen molar-refractivity contribution >= 4 is 0 Å². The molecule has 5 aliphatic rings. The number of hydrogen-bond acceptors (Lipinski definition) is 8. The fourth-order valence-electron chi connectivity index (χ4n) is 5.31. The molecule has 8 nitrogen and oxygen atoms in total. The van der Waals surface area contributed by atoms with Crippen LogP contribution in [-0.4, -0.2) is 67.1 Å². The first-order chi connectivity index (χ1) is 16.8. The van der Waals surface area contributed by atoms with E-state index >= 15 is 0 Å². The predicted molar refractivity (Wildman–Crippen MR) is 127 cm³/mol. The van der Waals surface area contributed by atoms with Crippen LogP contribution in [0.25, 0.3) is 0 Å². The van der Waals surface area contributed by atoms with E-state index < -0.39 is 0 Å². The summed E-state index contributed by atoms with van der Waals surface area (Å²) in [6, 6.07) is 2.48. The van der Waals surface area contributed by atoms with Gasteiger partial charge in [-0.15, -0.1) is 0 Å². The van der Waals surface area contributed by atoms with E-state index in [4.69, 9.17) is 18.9 Å². The molecule has 6 rings (SSSR count). The number of nitrogens with zero attached hydrogens (tertiary/aromatic N) is 3. The average molecular weight is 465 g/mol. The summed E-state index contributed by atoms with van der Waals surface area (Å²) < 4.78 is 22.8. The van der Waals surface area contributed by atoms with Gasteiger partial charge in [-0.2, -0.15) is 0 Å². The van der Waals surface area contributed by atoms with Crippen molar-refractivity contribution in [2.24, 2.45) is 0 Å². The molecule has 0 saturated carbocycles. The Kier molecular flexibility index (Phi) is 5.93.